The summed E-state index contributed by atoms with van der Waals surface area (Å²) in [5.74, 6) is -0.179. The number of nitrogens with zero attached hydrogens (tertiary/aromatic N) is 5. The fourth-order valence-electron chi connectivity index (χ4n) is 3.61. The summed E-state index contributed by atoms with van der Waals surface area (Å²) in [6.45, 7) is 0. The van der Waals surface area contributed by atoms with Gasteiger partial charge in [0.25, 0.3) is 11.8 Å². The Bertz CT molecular complexity index is 1160. The largest absolute Gasteiger partial charge is 0.376 e. The standard InChI is InChI=1S/C22H20N6O2/c1-26(2)17-11-18(24-20(27(3)4)16(17)12-23)25-28-21(29)14-9-5-7-13-8-6-10-15(19(13)14)22(28)30/h5-11H,1-4H3,(H,24,25). The number of nitrogens with one attached hydrogen (secondary N) is 1. The van der Waals surface area contributed by atoms with E-state index in [1.807, 2.05) is 26.2 Å². The van der Waals surface area contributed by atoms with Gasteiger partial charge < -0.3 is 9.80 Å². The van der Waals surface area contributed by atoms with Gasteiger partial charge in [-0.25, -0.2) is 4.98 Å². The Kier molecular flexibility index (Phi) is 4.51. The van der Waals surface area contributed by atoms with Crippen molar-refractivity contribution in [2.45, 2.75) is 0 Å². The van der Waals surface area contributed by atoms with E-state index in [0.717, 1.165) is 10.4 Å². The first-order chi connectivity index (χ1) is 14.3. The van der Waals surface area contributed by atoms with Crippen molar-refractivity contribution < 1.29 is 9.59 Å². The van der Waals surface area contributed by atoms with Gasteiger partial charge in [0.05, 0.1) is 16.8 Å². The number of nitriles is 1. The molecule has 3 aromatic rings. The van der Waals surface area contributed by atoms with Gasteiger partial charge in [-0.15, -0.1) is 0 Å². The quantitative estimate of drug-likeness (QED) is 0.673. The summed E-state index contributed by atoms with van der Waals surface area (Å²) in [5.41, 5.74) is 4.79. The molecule has 0 saturated carbocycles. The second kappa shape index (κ2) is 7.04. The smallest absolute Gasteiger partial charge is 0.280 e. The fraction of sp³-hybridized carbons (Fsp3) is 0.182. The number of rotatable bonds is 4. The normalized spacial score (nSPS) is 12.7. The van der Waals surface area contributed by atoms with Crippen LogP contribution < -0.4 is 15.2 Å². The summed E-state index contributed by atoms with van der Waals surface area (Å²) < 4.78 is 0. The van der Waals surface area contributed by atoms with Crippen molar-refractivity contribution in [3.63, 3.8) is 0 Å². The SMILES string of the molecule is CN(C)c1cc(NN2C(=O)c3cccc4cccc(c34)C2=O)nc(N(C)C)c1C#N. The summed E-state index contributed by atoms with van der Waals surface area (Å²) in [7, 11) is 7.18. The third-order valence-electron chi connectivity index (χ3n) is 4.99. The number of imide groups is 1. The van der Waals surface area contributed by atoms with Gasteiger partial charge in [0.15, 0.2) is 5.82 Å². The maximum Gasteiger partial charge on any atom is 0.280 e. The Morgan fingerprint density at radius 1 is 0.967 bits per heavy atom. The number of anilines is 3. The lowest BCUT2D eigenvalue weighted by Gasteiger charge is -2.28. The molecule has 4 rings (SSSR count). The highest BCUT2D eigenvalue weighted by Crippen LogP contribution is 2.32. The zero-order valence-corrected chi connectivity index (χ0v) is 17.1. The van der Waals surface area contributed by atoms with Gasteiger partial charge >= 0.3 is 0 Å². The van der Waals surface area contributed by atoms with Gasteiger partial charge in [0, 0.05) is 39.6 Å². The van der Waals surface area contributed by atoms with Crippen LogP contribution in [0.3, 0.4) is 0 Å². The molecule has 1 aliphatic rings. The van der Waals surface area contributed by atoms with Crippen LogP contribution in [0.1, 0.15) is 26.3 Å². The molecule has 0 radical (unpaired) electrons. The molecule has 1 N–H and O–H groups in total. The van der Waals surface area contributed by atoms with Crippen molar-refractivity contribution in [1.29, 1.82) is 5.26 Å². The van der Waals surface area contributed by atoms with Crippen LogP contribution in [-0.4, -0.2) is 50.0 Å². The molecule has 1 aliphatic heterocycles. The molecule has 0 aliphatic carbocycles. The van der Waals surface area contributed by atoms with E-state index < -0.39 is 11.8 Å². The summed E-state index contributed by atoms with van der Waals surface area (Å²) >= 11 is 0. The van der Waals surface area contributed by atoms with Crippen molar-refractivity contribution in [2.75, 3.05) is 43.4 Å². The van der Waals surface area contributed by atoms with E-state index in [1.165, 1.54) is 0 Å². The molecule has 0 bridgehead atoms. The molecule has 2 amide bonds. The highest BCUT2D eigenvalue weighted by atomic mass is 16.2. The van der Waals surface area contributed by atoms with Crippen LogP contribution in [0.5, 0.6) is 0 Å². The molecule has 30 heavy (non-hydrogen) atoms. The van der Waals surface area contributed by atoms with Gasteiger partial charge in [-0.2, -0.15) is 10.3 Å². The predicted octanol–water partition coefficient (Wildman–Crippen LogP) is 2.86. The molecule has 0 atom stereocenters. The highest BCUT2D eigenvalue weighted by Gasteiger charge is 2.33. The molecule has 150 valence electrons. The number of benzene rings is 2. The van der Waals surface area contributed by atoms with E-state index in [4.69, 9.17) is 0 Å². The van der Waals surface area contributed by atoms with E-state index in [1.54, 1.807) is 54.2 Å². The highest BCUT2D eigenvalue weighted by molar-refractivity contribution is 6.25. The maximum absolute atomic E-state index is 13.1. The van der Waals surface area contributed by atoms with Crippen LogP contribution in [0.15, 0.2) is 42.5 Å². The minimum atomic E-state index is -0.451. The van der Waals surface area contributed by atoms with E-state index in [-0.39, 0.29) is 5.82 Å². The number of hydrogen-bond donors (Lipinski definition) is 1. The molecule has 0 unspecified atom stereocenters. The maximum atomic E-state index is 13.1. The molecule has 8 heteroatoms. The van der Waals surface area contributed by atoms with Crippen LogP contribution in [0.4, 0.5) is 17.3 Å². The monoisotopic (exact) mass is 400 g/mol. The second-order valence-corrected chi connectivity index (χ2v) is 7.39. The zero-order chi connectivity index (χ0) is 21.6. The third kappa shape index (κ3) is 2.88. The van der Waals surface area contributed by atoms with Gasteiger partial charge in [0.2, 0.25) is 0 Å². The molecule has 1 aromatic heterocycles. The molecular formula is C22H20N6O2. The lowest BCUT2D eigenvalue weighted by molar-refractivity contribution is 0.0648. The molecule has 0 saturated heterocycles. The average molecular weight is 400 g/mol. The van der Waals surface area contributed by atoms with Gasteiger partial charge in [0.1, 0.15) is 17.5 Å². The second-order valence-electron chi connectivity index (χ2n) is 7.39. The number of carbonyl (C=O) groups is 2. The predicted molar refractivity (Wildman–Crippen MR) is 116 cm³/mol. The zero-order valence-electron chi connectivity index (χ0n) is 17.1. The van der Waals surface area contributed by atoms with E-state index in [9.17, 15) is 14.9 Å². The van der Waals surface area contributed by atoms with E-state index >= 15 is 0 Å². The van der Waals surface area contributed by atoms with Crippen LogP contribution in [0, 0.1) is 11.3 Å². The Balaban J connectivity index is 1.81. The third-order valence-corrected chi connectivity index (χ3v) is 4.99. The summed E-state index contributed by atoms with van der Waals surface area (Å²) in [6, 6.07) is 14.6. The topological polar surface area (TPSA) is 92.6 Å². The minimum absolute atomic E-state index is 0.287. The number of hydrogen-bond acceptors (Lipinski definition) is 7. The first-order valence-electron chi connectivity index (χ1n) is 9.30. The molecule has 0 fully saturated rings. The van der Waals surface area contributed by atoms with Crippen molar-refractivity contribution >= 4 is 39.9 Å². The number of pyridine rings is 1. The summed E-state index contributed by atoms with van der Waals surface area (Å²) in [4.78, 5) is 34.2. The number of amides is 2. The van der Waals surface area contributed by atoms with Crippen molar-refractivity contribution in [2.24, 2.45) is 0 Å². The van der Waals surface area contributed by atoms with Crippen LogP contribution in [0.2, 0.25) is 0 Å². The van der Waals surface area contributed by atoms with Gasteiger partial charge in [-0.1, -0.05) is 24.3 Å². The Hall–Kier alpha value is -4.12. The molecule has 0 spiro atoms. The van der Waals surface area contributed by atoms with Crippen molar-refractivity contribution in [1.82, 2.24) is 9.99 Å². The van der Waals surface area contributed by atoms with Gasteiger partial charge in [-0.3, -0.25) is 15.0 Å². The van der Waals surface area contributed by atoms with Gasteiger partial charge in [-0.05, 0) is 17.5 Å². The Morgan fingerprint density at radius 3 is 2.07 bits per heavy atom. The molecule has 2 aromatic carbocycles. The first-order valence-corrected chi connectivity index (χ1v) is 9.30. The first kappa shape index (κ1) is 19.2. The average Bonchev–Trinajstić information content (AvgIpc) is 2.74. The summed E-state index contributed by atoms with van der Waals surface area (Å²) in [6.07, 6.45) is 0. The molecule has 8 nitrogen and oxygen atoms in total. The number of hydrazine groups is 1. The Morgan fingerprint density at radius 2 is 1.57 bits per heavy atom. The van der Waals surface area contributed by atoms with E-state index in [2.05, 4.69) is 16.5 Å². The van der Waals surface area contributed by atoms with Crippen molar-refractivity contribution in [3.8, 4) is 6.07 Å². The van der Waals surface area contributed by atoms with E-state index in [0.29, 0.717) is 33.6 Å². The molecule has 2 heterocycles. The lowest BCUT2D eigenvalue weighted by atomic mass is 9.95. The number of carbonyl (C=O) groups excluding carboxylic acids is 2. The lowest BCUT2D eigenvalue weighted by Crippen LogP contribution is -2.44. The summed E-state index contributed by atoms with van der Waals surface area (Å²) in [5, 5.41) is 12.1. The van der Waals surface area contributed by atoms with Crippen LogP contribution >= 0.6 is 0 Å². The van der Waals surface area contributed by atoms with Crippen LogP contribution in [-0.2, 0) is 0 Å². The Labute approximate surface area is 173 Å². The minimum Gasteiger partial charge on any atom is -0.376 e. The number of aromatic nitrogens is 1. The fourth-order valence-corrected chi connectivity index (χ4v) is 3.61. The molecular weight excluding hydrogens is 380 g/mol. The van der Waals surface area contributed by atoms with Crippen molar-refractivity contribution in [3.05, 3.63) is 59.2 Å². The van der Waals surface area contributed by atoms with Crippen LogP contribution in [0.25, 0.3) is 10.8 Å².